The van der Waals surface area contributed by atoms with Crippen molar-refractivity contribution in [3.05, 3.63) is 120 Å². The number of benzene rings is 5. The monoisotopic (exact) mass is 541 g/mol. The SMILES string of the molecule is O=C(OCC1c2ccccc2-c2ccccc21)N1C2COCC1CC(O)(c1cc3ccccc3c3ccccc13)C2. The summed E-state index contributed by atoms with van der Waals surface area (Å²) in [5.41, 5.74) is 4.65. The van der Waals surface area contributed by atoms with Crippen molar-refractivity contribution in [2.24, 2.45) is 0 Å². The van der Waals surface area contributed by atoms with Crippen LogP contribution in [0.25, 0.3) is 32.7 Å². The van der Waals surface area contributed by atoms with E-state index < -0.39 is 5.60 Å². The predicted octanol–water partition coefficient (Wildman–Crippen LogP) is 6.99. The van der Waals surface area contributed by atoms with E-state index in [9.17, 15) is 9.90 Å². The molecule has 0 radical (unpaired) electrons. The van der Waals surface area contributed by atoms with Crippen LogP contribution in [0.1, 0.15) is 35.4 Å². The molecule has 0 saturated carbocycles. The van der Waals surface area contributed by atoms with E-state index in [1.807, 2.05) is 35.2 Å². The molecular formula is C36H31NO4. The Morgan fingerprint density at radius 1 is 0.780 bits per heavy atom. The summed E-state index contributed by atoms with van der Waals surface area (Å²) in [7, 11) is 0. The minimum absolute atomic E-state index is 0.00753. The lowest BCUT2D eigenvalue weighted by atomic mass is 9.75. The van der Waals surface area contributed by atoms with Crippen molar-refractivity contribution in [1.29, 1.82) is 0 Å². The molecule has 2 aliphatic heterocycles. The highest BCUT2D eigenvalue weighted by Crippen LogP contribution is 2.47. The third kappa shape index (κ3) is 3.87. The molecule has 2 atom stereocenters. The van der Waals surface area contributed by atoms with Crippen LogP contribution in [0.5, 0.6) is 0 Å². The normalized spacial score (nSPS) is 23.4. The number of rotatable bonds is 3. The zero-order valence-corrected chi connectivity index (χ0v) is 22.7. The summed E-state index contributed by atoms with van der Waals surface area (Å²) in [6.07, 6.45) is 0.474. The highest BCUT2D eigenvalue weighted by molar-refractivity contribution is 6.09. The van der Waals surface area contributed by atoms with Crippen molar-refractivity contribution >= 4 is 27.6 Å². The molecule has 2 heterocycles. The van der Waals surface area contributed by atoms with Gasteiger partial charge in [0.2, 0.25) is 0 Å². The smallest absolute Gasteiger partial charge is 0.410 e. The summed E-state index contributed by atoms with van der Waals surface area (Å²) in [5.74, 6) is 0.00753. The molecule has 2 saturated heterocycles. The van der Waals surface area contributed by atoms with E-state index in [1.54, 1.807) is 0 Å². The van der Waals surface area contributed by atoms with Crippen molar-refractivity contribution in [1.82, 2.24) is 4.90 Å². The fraction of sp³-hybridized carbons (Fsp3) is 0.250. The van der Waals surface area contributed by atoms with Gasteiger partial charge in [-0.1, -0.05) is 97.1 Å². The van der Waals surface area contributed by atoms with Crippen LogP contribution in [0.15, 0.2) is 103 Å². The Hall–Kier alpha value is -4.19. The topological polar surface area (TPSA) is 59.0 Å². The lowest BCUT2D eigenvalue weighted by Crippen LogP contribution is -2.62. The molecular weight excluding hydrogens is 510 g/mol. The highest BCUT2D eigenvalue weighted by Gasteiger charge is 2.50. The molecule has 5 aromatic carbocycles. The Morgan fingerprint density at radius 2 is 1.34 bits per heavy atom. The van der Waals surface area contributed by atoms with Gasteiger partial charge in [0.15, 0.2) is 0 Å². The average molecular weight is 542 g/mol. The van der Waals surface area contributed by atoms with Crippen molar-refractivity contribution in [2.45, 2.75) is 36.4 Å². The molecule has 204 valence electrons. The maximum atomic E-state index is 13.7. The van der Waals surface area contributed by atoms with Gasteiger partial charge < -0.3 is 14.6 Å². The molecule has 0 spiro atoms. The lowest BCUT2D eigenvalue weighted by Gasteiger charge is -2.51. The maximum Gasteiger partial charge on any atom is 0.410 e. The van der Waals surface area contributed by atoms with E-state index in [-0.39, 0.29) is 30.7 Å². The number of carbonyl (C=O) groups excluding carboxylic acids is 1. The summed E-state index contributed by atoms with van der Waals surface area (Å²) in [6.45, 7) is 1.05. The van der Waals surface area contributed by atoms with Gasteiger partial charge in [0.05, 0.1) is 30.9 Å². The Kier molecular flexibility index (Phi) is 5.66. The Labute approximate surface area is 238 Å². The van der Waals surface area contributed by atoms with Gasteiger partial charge >= 0.3 is 6.09 Å². The number of nitrogens with zero attached hydrogens (tertiary/aromatic N) is 1. The quantitative estimate of drug-likeness (QED) is 0.250. The van der Waals surface area contributed by atoms with Crippen LogP contribution in [-0.4, -0.2) is 48.0 Å². The molecule has 0 aromatic heterocycles. The van der Waals surface area contributed by atoms with Gasteiger partial charge in [0.25, 0.3) is 0 Å². The maximum absolute atomic E-state index is 13.7. The number of aliphatic hydroxyl groups is 1. The standard InChI is InChI=1S/C36H31NO4/c38-35(41-22-33-30-14-5-3-12-28(30)29-13-4-6-15-31(29)33)37-24-18-36(39,19-25(37)21-40-20-24)34-17-23-9-1-2-10-26(23)27-11-7-8-16-32(27)34/h1-17,24-25,33,39H,18-22H2. The van der Waals surface area contributed by atoms with Crippen LogP contribution < -0.4 is 0 Å². The van der Waals surface area contributed by atoms with Gasteiger partial charge in [0.1, 0.15) is 6.61 Å². The molecule has 41 heavy (non-hydrogen) atoms. The largest absolute Gasteiger partial charge is 0.448 e. The molecule has 5 heteroatoms. The molecule has 1 amide bonds. The molecule has 3 aliphatic rings. The van der Waals surface area contributed by atoms with E-state index in [0.717, 1.165) is 21.7 Å². The molecule has 1 N–H and O–H groups in total. The molecule has 2 unspecified atom stereocenters. The van der Waals surface area contributed by atoms with E-state index >= 15 is 0 Å². The second-order valence-corrected chi connectivity index (χ2v) is 11.7. The summed E-state index contributed by atoms with van der Waals surface area (Å²) in [5, 5.41) is 16.8. The van der Waals surface area contributed by atoms with Crippen molar-refractivity contribution in [2.75, 3.05) is 19.8 Å². The lowest BCUT2D eigenvalue weighted by molar-refractivity contribution is -0.136. The fourth-order valence-electron chi connectivity index (χ4n) is 7.60. The van der Waals surface area contributed by atoms with Crippen LogP contribution in [0.2, 0.25) is 0 Å². The predicted molar refractivity (Wildman–Crippen MR) is 160 cm³/mol. The van der Waals surface area contributed by atoms with E-state index in [0.29, 0.717) is 26.1 Å². The number of morpholine rings is 1. The first-order chi connectivity index (χ1) is 20.1. The Bertz CT molecular complexity index is 1750. The molecule has 1 aliphatic carbocycles. The average Bonchev–Trinajstić information content (AvgIpc) is 3.32. The number of amides is 1. The number of ether oxygens (including phenoxy) is 2. The molecule has 2 bridgehead atoms. The van der Waals surface area contributed by atoms with Crippen molar-refractivity contribution in [3.63, 3.8) is 0 Å². The summed E-state index contributed by atoms with van der Waals surface area (Å²) >= 11 is 0. The van der Waals surface area contributed by atoms with Crippen molar-refractivity contribution in [3.8, 4) is 11.1 Å². The van der Waals surface area contributed by atoms with Gasteiger partial charge in [-0.3, -0.25) is 4.90 Å². The fourth-order valence-corrected chi connectivity index (χ4v) is 7.60. The van der Waals surface area contributed by atoms with Crippen LogP contribution in [0.4, 0.5) is 4.79 Å². The second kappa shape index (κ2) is 9.44. The van der Waals surface area contributed by atoms with Gasteiger partial charge in [-0.2, -0.15) is 0 Å². The Morgan fingerprint density at radius 3 is 2.02 bits per heavy atom. The summed E-state index contributed by atoms with van der Waals surface area (Å²) < 4.78 is 12.0. The minimum atomic E-state index is -1.08. The van der Waals surface area contributed by atoms with Crippen LogP contribution >= 0.6 is 0 Å². The van der Waals surface area contributed by atoms with Crippen LogP contribution in [0.3, 0.4) is 0 Å². The first-order valence-corrected chi connectivity index (χ1v) is 14.5. The highest BCUT2D eigenvalue weighted by atomic mass is 16.6. The van der Waals surface area contributed by atoms with Gasteiger partial charge in [-0.05, 0) is 55.4 Å². The first kappa shape index (κ1) is 24.6. The molecule has 5 aromatic rings. The van der Waals surface area contributed by atoms with E-state index in [1.165, 1.54) is 27.6 Å². The number of hydrogen-bond donors (Lipinski definition) is 1. The second-order valence-electron chi connectivity index (χ2n) is 11.7. The summed E-state index contributed by atoms with van der Waals surface area (Å²) in [4.78, 5) is 15.5. The number of hydrogen-bond acceptors (Lipinski definition) is 4. The number of fused-ring (bicyclic) bond motifs is 8. The number of piperidine rings is 1. The third-order valence-corrected chi connectivity index (χ3v) is 9.37. The van der Waals surface area contributed by atoms with Gasteiger partial charge in [-0.25, -0.2) is 4.79 Å². The van der Waals surface area contributed by atoms with Crippen LogP contribution in [-0.2, 0) is 15.1 Å². The van der Waals surface area contributed by atoms with Gasteiger partial charge in [0, 0.05) is 18.8 Å². The zero-order valence-electron chi connectivity index (χ0n) is 22.7. The zero-order chi connectivity index (χ0) is 27.6. The molecule has 8 rings (SSSR count). The van der Waals surface area contributed by atoms with E-state index in [4.69, 9.17) is 9.47 Å². The van der Waals surface area contributed by atoms with Gasteiger partial charge in [-0.15, -0.1) is 0 Å². The Balaban J connectivity index is 1.08. The minimum Gasteiger partial charge on any atom is -0.448 e. The van der Waals surface area contributed by atoms with Crippen molar-refractivity contribution < 1.29 is 19.4 Å². The summed E-state index contributed by atoms with van der Waals surface area (Å²) in [6, 6.07) is 35.0. The van der Waals surface area contributed by atoms with Crippen LogP contribution in [0, 0.1) is 0 Å². The number of carbonyl (C=O) groups is 1. The first-order valence-electron chi connectivity index (χ1n) is 14.5. The third-order valence-electron chi connectivity index (χ3n) is 9.37. The molecule has 2 fully saturated rings. The van der Waals surface area contributed by atoms with E-state index in [2.05, 4.69) is 72.8 Å². The molecule has 5 nitrogen and oxygen atoms in total.